The second kappa shape index (κ2) is 3.92. The maximum atomic E-state index is 11.2. The predicted molar refractivity (Wildman–Crippen MR) is 55.7 cm³/mol. The number of hydrogen-bond donors (Lipinski definition) is 1. The van der Waals surface area contributed by atoms with Crippen molar-refractivity contribution in [1.29, 1.82) is 0 Å². The van der Waals surface area contributed by atoms with E-state index in [1.54, 1.807) is 6.07 Å². The molecule has 16 heavy (non-hydrogen) atoms. The van der Waals surface area contributed by atoms with Crippen molar-refractivity contribution in [3.63, 3.8) is 0 Å². The molecule has 1 N–H and O–H groups in total. The highest BCUT2D eigenvalue weighted by molar-refractivity contribution is 5.95. The largest absolute Gasteiger partial charge is 0.496 e. The summed E-state index contributed by atoms with van der Waals surface area (Å²) in [6.07, 6.45) is 0.656. The Morgan fingerprint density at radius 3 is 2.75 bits per heavy atom. The normalized spacial score (nSPS) is 12.9. The molecule has 5 nitrogen and oxygen atoms in total. The van der Waals surface area contributed by atoms with E-state index in [4.69, 9.17) is 19.3 Å². The molecule has 0 fully saturated rings. The van der Waals surface area contributed by atoms with Gasteiger partial charge in [0.05, 0.1) is 20.8 Å². The highest BCUT2D eigenvalue weighted by Crippen LogP contribution is 2.41. The van der Waals surface area contributed by atoms with Crippen molar-refractivity contribution in [3.8, 4) is 17.2 Å². The molecule has 0 bridgehead atoms. The summed E-state index contributed by atoms with van der Waals surface area (Å²) in [5, 5.41) is 9.14. The third kappa shape index (κ3) is 1.44. The molecule has 1 heterocycles. The first kappa shape index (κ1) is 10.6. The summed E-state index contributed by atoms with van der Waals surface area (Å²) in [4.78, 5) is 11.2. The minimum Gasteiger partial charge on any atom is -0.496 e. The first-order valence-electron chi connectivity index (χ1n) is 4.83. The van der Waals surface area contributed by atoms with Gasteiger partial charge in [-0.1, -0.05) is 0 Å². The fourth-order valence-electron chi connectivity index (χ4n) is 1.87. The number of benzene rings is 1. The van der Waals surface area contributed by atoms with Crippen molar-refractivity contribution in [3.05, 3.63) is 17.2 Å². The van der Waals surface area contributed by atoms with Gasteiger partial charge in [-0.05, 0) is 0 Å². The van der Waals surface area contributed by atoms with E-state index in [2.05, 4.69) is 0 Å². The van der Waals surface area contributed by atoms with Crippen molar-refractivity contribution in [2.45, 2.75) is 6.42 Å². The molecular weight excluding hydrogens is 212 g/mol. The van der Waals surface area contributed by atoms with Gasteiger partial charge in [-0.15, -0.1) is 0 Å². The van der Waals surface area contributed by atoms with Gasteiger partial charge in [0, 0.05) is 18.1 Å². The molecule has 0 saturated heterocycles. The van der Waals surface area contributed by atoms with Crippen LogP contribution in [0.15, 0.2) is 6.07 Å². The van der Waals surface area contributed by atoms with E-state index in [0.29, 0.717) is 24.5 Å². The van der Waals surface area contributed by atoms with Gasteiger partial charge >= 0.3 is 5.97 Å². The van der Waals surface area contributed by atoms with Crippen LogP contribution in [0.4, 0.5) is 0 Å². The monoisotopic (exact) mass is 224 g/mol. The molecule has 0 saturated carbocycles. The van der Waals surface area contributed by atoms with Gasteiger partial charge in [0.2, 0.25) is 0 Å². The highest BCUT2D eigenvalue weighted by Gasteiger charge is 2.27. The Labute approximate surface area is 92.5 Å². The van der Waals surface area contributed by atoms with Crippen LogP contribution in [0, 0.1) is 0 Å². The minimum atomic E-state index is -1.07. The Bertz CT molecular complexity index is 438. The molecule has 86 valence electrons. The molecule has 0 amide bonds. The smallest absolute Gasteiger partial charge is 0.343 e. The molecule has 0 aliphatic carbocycles. The molecule has 0 atom stereocenters. The third-order valence-electron chi connectivity index (χ3n) is 2.55. The topological polar surface area (TPSA) is 65.0 Å². The standard InChI is InChI=1S/C11H12O5/c1-14-8-5-7-6(3-4-16-7)10(15-2)9(8)11(12)13/h5H,3-4H2,1-2H3,(H,12,13). The summed E-state index contributed by atoms with van der Waals surface area (Å²) in [6, 6.07) is 1.59. The number of carbonyl (C=O) groups is 1. The minimum absolute atomic E-state index is 0.0502. The predicted octanol–water partition coefficient (Wildman–Crippen LogP) is 1.34. The summed E-state index contributed by atoms with van der Waals surface area (Å²) in [5.41, 5.74) is 0.843. The zero-order valence-electron chi connectivity index (χ0n) is 9.07. The number of rotatable bonds is 3. The number of carboxylic acids is 1. The third-order valence-corrected chi connectivity index (χ3v) is 2.55. The van der Waals surface area contributed by atoms with Crippen molar-refractivity contribution < 1.29 is 24.1 Å². The van der Waals surface area contributed by atoms with Crippen LogP contribution in [0.2, 0.25) is 0 Å². The first-order chi connectivity index (χ1) is 7.69. The Morgan fingerprint density at radius 1 is 1.44 bits per heavy atom. The molecule has 0 radical (unpaired) electrons. The van der Waals surface area contributed by atoms with Gasteiger partial charge in [0.15, 0.2) is 0 Å². The summed E-state index contributed by atoms with van der Waals surface area (Å²) < 4.78 is 15.5. The van der Waals surface area contributed by atoms with Crippen molar-refractivity contribution in [1.82, 2.24) is 0 Å². The quantitative estimate of drug-likeness (QED) is 0.839. The maximum absolute atomic E-state index is 11.2. The van der Waals surface area contributed by atoms with Gasteiger partial charge < -0.3 is 19.3 Å². The van der Waals surface area contributed by atoms with E-state index in [1.165, 1.54) is 14.2 Å². The van der Waals surface area contributed by atoms with E-state index in [-0.39, 0.29) is 11.3 Å². The number of hydrogen-bond acceptors (Lipinski definition) is 4. The van der Waals surface area contributed by atoms with Gasteiger partial charge in [0.1, 0.15) is 22.8 Å². The molecule has 1 aromatic carbocycles. The van der Waals surface area contributed by atoms with Crippen LogP contribution < -0.4 is 14.2 Å². The number of carboxylic acid groups (broad SMARTS) is 1. The van der Waals surface area contributed by atoms with Crippen molar-refractivity contribution >= 4 is 5.97 Å². The molecule has 1 aromatic rings. The Hall–Kier alpha value is -1.91. The Kier molecular flexibility index (Phi) is 2.60. The van der Waals surface area contributed by atoms with Gasteiger partial charge in [-0.25, -0.2) is 4.79 Å². The molecule has 0 unspecified atom stereocenters. The lowest BCUT2D eigenvalue weighted by Crippen LogP contribution is -2.05. The summed E-state index contributed by atoms with van der Waals surface area (Å²) >= 11 is 0. The second-order valence-electron chi connectivity index (χ2n) is 3.37. The fraction of sp³-hybridized carbons (Fsp3) is 0.364. The zero-order valence-corrected chi connectivity index (χ0v) is 9.07. The average Bonchev–Trinajstić information content (AvgIpc) is 2.73. The van der Waals surface area contributed by atoms with Gasteiger partial charge in [-0.3, -0.25) is 0 Å². The number of ether oxygens (including phenoxy) is 3. The van der Waals surface area contributed by atoms with Crippen molar-refractivity contribution in [2.24, 2.45) is 0 Å². The second-order valence-corrected chi connectivity index (χ2v) is 3.37. The summed E-state index contributed by atoms with van der Waals surface area (Å²) in [5.74, 6) is 0.159. The molecule has 0 aromatic heterocycles. The van der Waals surface area contributed by atoms with E-state index in [1.807, 2.05) is 0 Å². The lowest BCUT2D eigenvalue weighted by atomic mass is 10.1. The summed E-state index contributed by atoms with van der Waals surface area (Å²) in [7, 11) is 2.86. The Morgan fingerprint density at radius 2 is 2.19 bits per heavy atom. The van der Waals surface area contributed by atoms with Crippen LogP contribution in [0.5, 0.6) is 17.2 Å². The van der Waals surface area contributed by atoms with Gasteiger partial charge in [0.25, 0.3) is 0 Å². The van der Waals surface area contributed by atoms with E-state index >= 15 is 0 Å². The van der Waals surface area contributed by atoms with Gasteiger partial charge in [-0.2, -0.15) is 0 Å². The first-order valence-corrected chi connectivity index (χ1v) is 4.83. The fourth-order valence-corrected chi connectivity index (χ4v) is 1.87. The highest BCUT2D eigenvalue weighted by atomic mass is 16.5. The molecule has 5 heteroatoms. The van der Waals surface area contributed by atoms with Crippen LogP contribution in [0.3, 0.4) is 0 Å². The molecule has 1 aliphatic heterocycles. The lowest BCUT2D eigenvalue weighted by Gasteiger charge is -2.13. The van der Waals surface area contributed by atoms with E-state index in [9.17, 15) is 4.79 Å². The lowest BCUT2D eigenvalue weighted by molar-refractivity contribution is 0.0689. The molecule has 1 aliphatic rings. The van der Waals surface area contributed by atoms with Crippen LogP contribution in [-0.2, 0) is 6.42 Å². The molecule has 0 spiro atoms. The molecule has 2 rings (SSSR count). The van der Waals surface area contributed by atoms with Crippen molar-refractivity contribution in [2.75, 3.05) is 20.8 Å². The molecular formula is C11H12O5. The number of aromatic carboxylic acids is 1. The van der Waals surface area contributed by atoms with Crippen LogP contribution in [0.1, 0.15) is 15.9 Å². The van der Waals surface area contributed by atoms with Crippen LogP contribution in [-0.4, -0.2) is 31.9 Å². The van der Waals surface area contributed by atoms with Crippen LogP contribution >= 0.6 is 0 Å². The summed E-state index contributed by atoms with van der Waals surface area (Å²) in [6.45, 7) is 0.540. The maximum Gasteiger partial charge on any atom is 0.343 e. The SMILES string of the molecule is COc1cc2c(c(OC)c1C(=O)O)CCO2. The average molecular weight is 224 g/mol. The number of fused-ring (bicyclic) bond motifs is 1. The zero-order chi connectivity index (χ0) is 11.7. The number of methoxy groups -OCH3 is 2. The Balaban J connectivity index is 2.69. The van der Waals surface area contributed by atoms with E-state index in [0.717, 1.165) is 5.56 Å². The van der Waals surface area contributed by atoms with E-state index < -0.39 is 5.97 Å². The van der Waals surface area contributed by atoms with Crippen LogP contribution in [0.25, 0.3) is 0 Å².